The average Bonchev–Trinajstić information content (AvgIpc) is 2.45. The molecule has 1 aliphatic heterocycles. The number of amides is 1. The highest BCUT2D eigenvalue weighted by Gasteiger charge is 2.18. The molecule has 1 fully saturated rings. The van der Waals surface area contributed by atoms with Gasteiger partial charge in [-0.1, -0.05) is 6.07 Å². The molecule has 2 rings (SSSR count). The summed E-state index contributed by atoms with van der Waals surface area (Å²) in [5.74, 6) is 0.622. The van der Waals surface area contributed by atoms with Crippen molar-refractivity contribution in [1.29, 1.82) is 0 Å². The highest BCUT2D eigenvalue weighted by molar-refractivity contribution is 5.94. The molecule has 1 aromatic carbocycles. The van der Waals surface area contributed by atoms with Gasteiger partial charge < -0.3 is 19.7 Å². The van der Waals surface area contributed by atoms with Crippen molar-refractivity contribution in [2.45, 2.75) is 13.0 Å². The van der Waals surface area contributed by atoms with Gasteiger partial charge in [0.05, 0.1) is 19.3 Å². The largest absolute Gasteiger partial charge is 0.494 e. The lowest BCUT2D eigenvalue weighted by molar-refractivity contribution is -0.0175. The van der Waals surface area contributed by atoms with Crippen LogP contribution in [0.25, 0.3) is 0 Å². The summed E-state index contributed by atoms with van der Waals surface area (Å²) in [5, 5.41) is 2.91. The van der Waals surface area contributed by atoms with Crippen molar-refractivity contribution >= 4 is 5.91 Å². The van der Waals surface area contributed by atoms with Crippen molar-refractivity contribution in [2.24, 2.45) is 0 Å². The summed E-state index contributed by atoms with van der Waals surface area (Å²) in [4.78, 5) is 14.3. The van der Waals surface area contributed by atoms with E-state index >= 15 is 0 Å². The van der Waals surface area contributed by atoms with E-state index in [1.54, 1.807) is 12.1 Å². The Hall–Kier alpha value is -1.59. The lowest BCUT2D eigenvalue weighted by atomic mass is 10.2. The molecule has 5 nitrogen and oxygen atoms in total. The van der Waals surface area contributed by atoms with Gasteiger partial charge in [-0.25, -0.2) is 0 Å². The SMILES string of the molecule is CCOc1cccc(C(=O)NC[C@H]2CN(C)CCO2)c1. The zero-order valence-corrected chi connectivity index (χ0v) is 12.1. The fraction of sp³-hybridized carbons (Fsp3) is 0.533. The molecule has 1 saturated heterocycles. The lowest BCUT2D eigenvalue weighted by Crippen LogP contribution is -2.45. The van der Waals surface area contributed by atoms with Gasteiger partial charge in [-0.3, -0.25) is 4.79 Å². The van der Waals surface area contributed by atoms with Gasteiger partial charge in [0.25, 0.3) is 5.91 Å². The number of rotatable bonds is 5. The minimum atomic E-state index is -0.0941. The lowest BCUT2D eigenvalue weighted by Gasteiger charge is -2.30. The molecule has 110 valence electrons. The maximum Gasteiger partial charge on any atom is 0.251 e. The van der Waals surface area contributed by atoms with Crippen LogP contribution in [0.1, 0.15) is 17.3 Å². The summed E-state index contributed by atoms with van der Waals surface area (Å²) in [6.45, 7) is 5.55. The first kappa shape index (κ1) is 14.8. The number of hydrogen-bond acceptors (Lipinski definition) is 4. The molecule has 1 aromatic rings. The van der Waals surface area contributed by atoms with Crippen LogP contribution in [-0.4, -0.2) is 56.8 Å². The predicted molar refractivity (Wildman–Crippen MR) is 77.2 cm³/mol. The molecule has 1 atom stereocenters. The number of ether oxygens (including phenoxy) is 2. The van der Waals surface area contributed by atoms with Crippen molar-refractivity contribution in [3.8, 4) is 5.75 Å². The first-order valence-electron chi connectivity index (χ1n) is 7.00. The molecule has 0 aliphatic carbocycles. The van der Waals surface area contributed by atoms with Crippen LogP contribution in [0.5, 0.6) is 5.75 Å². The zero-order chi connectivity index (χ0) is 14.4. The Bertz CT molecular complexity index is 450. The predicted octanol–water partition coefficient (Wildman–Crippen LogP) is 1.15. The number of nitrogens with zero attached hydrogens (tertiary/aromatic N) is 1. The van der Waals surface area contributed by atoms with Crippen molar-refractivity contribution < 1.29 is 14.3 Å². The second kappa shape index (κ2) is 7.26. The summed E-state index contributed by atoms with van der Waals surface area (Å²) in [5.41, 5.74) is 0.611. The van der Waals surface area contributed by atoms with E-state index in [1.165, 1.54) is 0 Å². The fourth-order valence-corrected chi connectivity index (χ4v) is 2.19. The quantitative estimate of drug-likeness (QED) is 0.877. The van der Waals surface area contributed by atoms with Crippen LogP contribution >= 0.6 is 0 Å². The molecule has 0 unspecified atom stereocenters. The normalized spacial score (nSPS) is 19.6. The summed E-state index contributed by atoms with van der Waals surface area (Å²) >= 11 is 0. The number of carbonyl (C=O) groups excluding carboxylic acids is 1. The first-order valence-corrected chi connectivity index (χ1v) is 7.00. The van der Waals surface area contributed by atoms with Crippen molar-refractivity contribution in [3.05, 3.63) is 29.8 Å². The third kappa shape index (κ3) is 4.21. The highest BCUT2D eigenvalue weighted by atomic mass is 16.5. The summed E-state index contributed by atoms with van der Waals surface area (Å²) in [6.07, 6.45) is 0.0628. The molecule has 0 spiro atoms. The van der Waals surface area contributed by atoms with E-state index < -0.39 is 0 Å². The molecule has 0 saturated carbocycles. The number of morpholine rings is 1. The second-order valence-corrected chi connectivity index (χ2v) is 4.93. The molecular formula is C15H22N2O3. The van der Waals surface area contributed by atoms with Gasteiger partial charge in [0, 0.05) is 25.2 Å². The molecule has 0 radical (unpaired) electrons. The minimum absolute atomic E-state index is 0.0628. The Balaban J connectivity index is 1.86. The molecule has 5 heteroatoms. The van der Waals surface area contributed by atoms with Crippen molar-refractivity contribution in [2.75, 3.05) is 39.9 Å². The van der Waals surface area contributed by atoms with E-state index in [9.17, 15) is 4.79 Å². The molecule has 1 aliphatic rings. The Morgan fingerprint density at radius 1 is 1.55 bits per heavy atom. The fourth-order valence-electron chi connectivity index (χ4n) is 2.19. The van der Waals surface area contributed by atoms with E-state index in [-0.39, 0.29) is 12.0 Å². The average molecular weight is 278 g/mol. The molecule has 1 amide bonds. The molecule has 20 heavy (non-hydrogen) atoms. The topological polar surface area (TPSA) is 50.8 Å². The Morgan fingerprint density at radius 3 is 3.15 bits per heavy atom. The molecule has 0 bridgehead atoms. The summed E-state index contributed by atoms with van der Waals surface area (Å²) < 4.78 is 11.0. The van der Waals surface area contributed by atoms with Gasteiger partial charge in [-0.15, -0.1) is 0 Å². The number of likely N-dealkylation sites (N-methyl/N-ethyl adjacent to an activating group) is 1. The Morgan fingerprint density at radius 2 is 2.40 bits per heavy atom. The Labute approximate surface area is 119 Å². The maximum absolute atomic E-state index is 12.1. The summed E-state index contributed by atoms with van der Waals surface area (Å²) in [6, 6.07) is 7.21. The first-order chi connectivity index (χ1) is 9.69. The van der Waals surface area contributed by atoms with E-state index in [2.05, 4.69) is 17.3 Å². The molecule has 0 aromatic heterocycles. The molecular weight excluding hydrogens is 256 g/mol. The van der Waals surface area contributed by atoms with Gasteiger partial charge in [0.1, 0.15) is 5.75 Å². The number of benzene rings is 1. The van der Waals surface area contributed by atoms with Crippen LogP contribution in [0.2, 0.25) is 0 Å². The van der Waals surface area contributed by atoms with Crippen LogP contribution < -0.4 is 10.1 Å². The second-order valence-electron chi connectivity index (χ2n) is 4.93. The van der Waals surface area contributed by atoms with Crippen LogP contribution in [0.4, 0.5) is 0 Å². The van der Waals surface area contributed by atoms with Crippen LogP contribution in [0.3, 0.4) is 0 Å². The van der Waals surface area contributed by atoms with Gasteiger partial charge in [0.15, 0.2) is 0 Å². The Kier molecular flexibility index (Phi) is 5.38. The van der Waals surface area contributed by atoms with Crippen LogP contribution in [0.15, 0.2) is 24.3 Å². The molecule has 1 N–H and O–H groups in total. The van der Waals surface area contributed by atoms with Crippen LogP contribution in [-0.2, 0) is 4.74 Å². The zero-order valence-electron chi connectivity index (χ0n) is 12.1. The highest BCUT2D eigenvalue weighted by Crippen LogP contribution is 2.13. The van der Waals surface area contributed by atoms with Crippen LogP contribution in [0, 0.1) is 0 Å². The van der Waals surface area contributed by atoms with E-state index in [0.29, 0.717) is 24.5 Å². The van der Waals surface area contributed by atoms with E-state index in [1.807, 2.05) is 19.1 Å². The third-order valence-corrected chi connectivity index (χ3v) is 3.24. The van der Waals surface area contributed by atoms with Gasteiger partial charge >= 0.3 is 0 Å². The monoisotopic (exact) mass is 278 g/mol. The van der Waals surface area contributed by atoms with Crippen molar-refractivity contribution in [1.82, 2.24) is 10.2 Å². The standard InChI is InChI=1S/C15H22N2O3/c1-3-19-13-6-4-5-12(9-13)15(18)16-10-14-11-17(2)7-8-20-14/h4-6,9,14H,3,7-8,10-11H2,1-2H3,(H,16,18)/t14-/m0/s1. The van der Waals surface area contributed by atoms with Crippen molar-refractivity contribution in [3.63, 3.8) is 0 Å². The number of nitrogens with one attached hydrogen (secondary N) is 1. The maximum atomic E-state index is 12.1. The third-order valence-electron chi connectivity index (χ3n) is 3.24. The summed E-state index contributed by atoms with van der Waals surface area (Å²) in [7, 11) is 2.06. The minimum Gasteiger partial charge on any atom is -0.494 e. The van der Waals surface area contributed by atoms with Gasteiger partial charge in [-0.2, -0.15) is 0 Å². The van der Waals surface area contributed by atoms with E-state index in [0.717, 1.165) is 19.7 Å². The number of hydrogen-bond donors (Lipinski definition) is 1. The number of carbonyl (C=O) groups is 1. The van der Waals surface area contributed by atoms with Gasteiger partial charge in [-0.05, 0) is 32.2 Å². The van der Waals surface area contributed by atoms with Gasteiger partial charge in [0.2, 0.25) is 0 Å². The molecule has 1 heterocycles. The smallest absolute Gasteiger partial charge is 0.251 e. The van der Waals surface area contributed by atoms with E-state index in [4.69, 9.17) is 9.47 Å².